The molecule has 142 valence electrons. The first-order chi connectivity index (χ1) is 12.6. The number of anilines is 1. The van der Waals surface area contributed by atoms with Crippen molar-refractivity contribution >= 4 is 17.6 Å². The van der Waals surface area contributed by atoms with E-state index in [-0.39, 0.29) is 18.0 Å². The summed E-state index contributed by atoms with van der Waals surface area (Å²) in [6.45, 7) is 2.06. The summed E-state index contributed by atoms with van der Waals surface area (Å²) in [5.74, 6) is 1.20. The maximum absolute atomic E-state index is 12.5. The molecule has 26 heavy (non-hydrogen) atoms. The average molecular weight is 361 g/mol. The van der Waals surface area contributed by atoms with Gasteiger partial charge in [0, 0.05) is 37.8 Å². The fourth-order valence-corrected chi connectivity index (χ4v) is 3.59. The number of hydrogen-bond acceptors (Lipinski definition) is 4. The fourth-order valence-electron chi connectivity index (χ4n) is 3.59. The van der Waals surface area contributed by atoms with E-state index in [0.29, 0.717) is 24.5 Å². The van der Waals surface area contributed by atoms with E-state index >= 15 is 0 Å². The molecule has 0 spiro atoms. The van der Waals surface area contributed by atoms with Gasteiger partial charge in [0.2, 0.25) is 5.91 Å². The molecule has 2 saturated heterocycles. The van der Waals surface area contributed by atoms with E-state index in [1.807, 2.05) is 11.0 Å². The lowest BCUT2D eigenvalue weighted by Gasteiger charge is -2.23. The number of benzene rings is 1. The van der Waals surface area contributed by atoms with Gasteiger partial charge in [-0.2, -0.15) is 0 Å². The second-order valence-corrected chi connectivity index (χ2v) is 6.80. The van der Waals surface area contributed by atoms with Gasteiger partial charge in [-0.3, -0.25) is 4.79 Å². The van der Waals surface area contributed by atoms with Gasteiger partial charge in [0.1, 0.15) is 0 Å². The number of carbonyl (C=O) groups excluding carboxylic acids is 2. The minimum Gasteiger partial charge on any atom is -0.493 e. The Bertz CT molecular complexity index is 656. The summed E-state index contributed by atoms with van der Waals surface area (Å²) in [6.07, 6.45) is 4.77. The summed E-state index contributed by atoms with van der Waals surface area (Å²) in [5.41, 5.74) is 0.749. The highest BCUT2D eigenvalue weighted by Crippen LogP contribution is 2.33. The van der Waals surface area contributed by atoms with E-state index in [1.165, 1.54) is 12.8 Å². The number of hydrogen-bond donors (Lipinski definition) is 1. The van der Waals surface area contributed by atoms with Crippen molar-refractivity contribution in [2.24, 2.45) is 0 Å². The van der Waals surface area contributed by atoms with E-state index in [1.54, 1.807) is 31.3 Å². The molecule has 2 fully saturated rings. The summed E-state index contributed by atoms with van der Waals surface area (Å²) in [4.78, 5) is 28.5. The Kier molecular flexibility index (Phi) is 5.85. The monoisotopic (exact) mass is 361 g/mol. The van der Waals surface area contributed by atoms with E-state index in [9.17, 15) is 9.59 Å². The highest BCUT2D eigenvalue weighted by Gasteiger charge is 2.33. The van der Waals surface area contributed by atoms with Crippen molar-refractivity contribution in [3.05, 3.63) is 18.2 Å². The standard InChI is InChI=1S/C19H27N3O4/c1-25-16-8-7-15(12-17(16)26-2)22-13-14(11-18(22)23)20-19(24)21-9-5-3-4-6-10-21/h7-8,12,14H,3-6,9-11,13H2,1-2H3,(H,20,24)/t14-/m0/s1. The zero-order chi connectivity index (χ0) is 18.5. The SMILES string of the molecule is COc1ccc(N2C[C@@H](NC(=O)N3CCCCCC3)CC2=O)cc1OC. The number of ether oxygens (including phenoxy) is 2. The Morgan fingerprint density at radius 1 is 1.08 bits per heavy atom. The number of amides is 3. The average Bonchev–Trinajstić information content (AvgIpc) is 2.86. The van der Waals surface area contributed by atoms with Crippen molar-refractivity contribution in [1.82, 2.24) is 10.2 Å². The second kappa shape index (κ2) is 8.29. The molecule has 0 aliphatic carbocycles. The molecular formula is C19H27N3O4. The summed E-state index contributed by atoms with van der Waals surface area (Å²) in [6, 6.07) is 5.17. The molecule has 7 heteroatoms. The van der Waals surface area contributed by atoms with Gasteiger partial charge in [-0.05, 0) is 25.0 Å². The van der Waals surface area contributed by atoms with Crippen LogP contribution in [0.3, 0.4) is 0 Å². The summed E-state index contributed by atoms with van der Waals surface area (Å²) < 4.78 is 10.6. The zero-order valence-electron chi connectivity index (χ0n) is 15.5. The summed E-state index contributed by atoms with van der Waals surface area (Å²) in [5, 5.41) is 3.03. The van der Waals surface area contributed by atoms with Gasteiger partial charge in [-0.1, -0.05) is 12.8 Å². The molecule has 1 aromatic carbocycles. The maximum atomic E-state index is 12.5. The van der Waals surface area contributed by atoms with Crippen LogP contribution in [0.1, 0.15) is 32.1 Å². The van der Waals surface area contributed by atoms with Crippen molar-refractivity contribution in [1.29, 1.82) is 0 Å². The molecule has 3 rings (SSSR count). The van der Waals surface area contributed by atoms with Crippen molar-refractivity contribution in [3.63, 3.8) is 0 Å². The Labute approximate surface area is 154 Å². The molecular weight excluding hydrogens is 334 g/mol. The second-order valence-electron chi connectivity index (χ2n) is 6.80. The lowest BCUT2D eigenvalue weighted by molar-refractivity contribution is -0.117. The van der Waals surface area contributed by atoms with Crippen LogP contribution < -0.4 is 19.7 Å². The lowest BCUT2D eigenvalue weighted by atomic mass is 10.2. The minimum atomic E-state index is -0.175. The van der Waals surface area contributed by atoms with Crippen molar-refractivity contribution in [2.75, 3.05) is 38.8 Å². The number of nitrogens with one attached hydrogen (secondary N) is 1. The topological polar surface area (TPSA) is 71.1 Å². The highest BCUT2D eigenvalue weighted by molar-refractivity contribution is 5.97. The Morgan fingerprint density at radius 2 is 1.77 bits per heavy atom. The van der Waals surface area contributed by atoms with E-state index < -0.39 is 0 Å². The summed E-state index contributed by atoms with van der Waals surface area (Å²) in [7, 11) is 3.14. The first kappa shape index (κ1) is 18.4. The molecule has 0 saturated carbocycles. The molecule has 1 N–H and O–H groups in total. The molecule has 2 heterocycles. The molecule has 2 aliphatic heterocycles. The van der Waals surface area contributed by atoms with Gasteiger partial charge >= 0.3 is 6.03 Å². The highest BCUT2D eigenvalue weighted by atomic mass is 16.5. The van der Waals surface area contributed by atoms with E-state index in [0.717, 1.165) is 31.6 Å². The van der Waals surface area contributed by atoms with Gasteiger partial charge in [0.25, 0.3) is 0 Å². The van der Waals surface area contributed by atoms with Crippen LogP contribution in [0, 0.1) is 0 Å². The molecule has 0 aromatic heterocycles. The number of nitrogens with zero attached hydrogens (tertiary/aromatic N) is 2. The van der Waals surface area contributed by atoms with Crippen LogP contribution in [0.15, 0.2) is 18.2 Å². The summed E-state index contributed by atoms with van der Waals surface area (Å²) >= 11 is 0. The molecule has 0 unspecified atom stereocenters. The fraction of sp³-hybridized carbons (Fsp3) is 0.579. The number of carbonyl (C=O) groups is 2. The first-order valence-corrected chi connectivity index (χ1v) is 9.20. The van der Waals surface area contributed by atoms with Gasteiger partial charge in [-0.15, -0.1) is 0 Å². The minimum absolute atomic E-state index is 0.00149. The third-order valence-corrected chi connectivity index (χ3v) is 5.02. The van der Waals surface area contributed by atoms with Gasteiger partial charge in [0.15, 0.2) is 11.5 Å². The van der Waals surface area contributed by atoms with Crippen LogP contribution in [0.25, 0.3) is 0 Å². The van der Waals surface area contributed by atoms with Gasteiger partial charge in [-0.25, -0.2) is 4.79 Å². The maximum Gasteiger partial charge on any atom is 0.317 e. The number of urea groups is 1. The normalized spacial score (nSPS) is 20.7. The van der Waals surface area contributed by atoms with E-state index in [4.69, 9.17) is 9.47 Å². The Morgan fingerprint density at radius 3 is 2.42 bits per heavy atom. The zero-order valence-corrected chi connectivity index (χ0v) is 15.5. The van der Waals surface area contributed by atoms with Crippen LogP contribution in [-0.2, 0) is 4.79 Å². The third-order valence-electron chi connectivity index (χ3n) is 5.02. The number of methoxy groups -OCH3 is 2. The molecule has 7 nitrogen and oxygen atoms in total. The molecule has 0 radical (unpaired) electrons. The predicted octanol–water partition coefficient (Wildman–Crippen LogP) is 2.39. The third kappa shape index (κ3) is 4.03. The molecule has 2 aliphatic rings. The molecule has 1 aromatic rings. The Hall–Kier alpha value is -2.44. The van der Waals surface area contributed by atoms with Crippen LogP contribution >= 0.6 is 0 Å². The van der Waals surface area contributed by atoms with Crippen LogP contribution in [0.2, 0.25) is 0 Å². The molecule has 1 atom stereocenters. The molecule has 0 bridgehead atoms. The smallest absolute Gasteiger partial charge is 0.317 e. The number of rotatable bonds is 4. The quantitative estimate of drug-likeness (QED) is 0.894. The largest absolute Gasteiger partial charge is 0.493 e. The van der Waals surface area contributed by atoms with Crippen LogP contribution in [0.5, 0.6) is 11.5 Å². The van der Waals surface area contributed by atoms with Crippen LogP contribution in [0.4, 0.5) is 10.5 Å². The number of likely N-dealkylation sites (tertiary alicyclic amines) is 1. The van der Waals surface area contributed by atoms with Crippen molar-refractivity contribution in [3.8, 4) is 11.5 Å². The van der Waals surface area contributed by atoms with Gasteiger partial charge < -0.3 is 24.6 Å². The van der Waals surface area contributed by atoms with Gasteiger partial charge in [0.05, 0.1) is 20.3 Å². The Balaban J connectivity index is 1.64. The van der Waals surface area contributed by atoms with Crippen LogP contribution in [-0.4, -0.2) is 56.7 Å². The predicted molar refractivity (Wildman–Crippen MR) is 98.9 cm³/mol. The molecule has 3 amide bonds. The first-order valence-electron chi connectivity index (χ1n) is 9.20. The van der Waals surface area contributed by atoms with Crippen molar-refractivity contribution < 1.29 is 19.1 Å². The van der Waals surface area contributed by atoms with E-state index in [2.05, 4.69) is 5.32 Å². The lowest BCUT2D eigenvalue weighted by Crippen LogP contribution is -2.46. The van der Waals surface area contributed by atoms with Crippen molar-refractivity contribution in [2.45, 2.75) is 38.1 Å².